The van der Waals surface area contributed by atoms with Gasteiger partial charge in [-0.2, -0.15) is 0 Å². The monoisotopic (exact) mass is 1370 g/mol. The maximum atomic E-state index is 2.47. The second-order valence-corrected chi connectivity index (χ2v) is 29.9. The van der Waals surface area contributed by atoms with E-state index in [1.54, 1.807) is 0 Å². The molecule has 0 spiro atoms. The molecule has 0 saturated carbocycles. The Balaban J connectivity index is 0.0000000919. The van der Waals surface area contributed by atoms with Crippen molar-refractivity contribution >= 4 is 180 Å². The third-order valence-corrected chi connectivity index (χ3v) is 23.7. The fourth-order valence-corrected chi connectivity index (χ4v) is 19.3. The predicted octanol–water partition coefficient (Wildman–Crippen LogP) is 15.7. The van der Waals surface area contributed by atoms with Gasteiger partial charge in [-0.05, 0) is 120 Å². The van der Waals surface area contributed by atoms with Crippen LogP contribution in [0.2, 0.25) is 0 Å². The van der Waals surface area contributed by atoms with Crippen LogP contribution in [0.15, 0.2) is 364 Å². The van der Waals surface area contributed by atoms with Gasteiger partial charge in [0, 0.05) is 87.9 Å². The summed E-state index contributed by atoms with van der Waals surface area (Å²) in [5, 5.41) is 10.7. The van der Waals surface area contributed by atoms with Crippen LogP contribution in [0.1, 0.15) is 22.3 Å². The quantitative estimate of drug-likeness (QED) is 0.157. The van der Waals surface area contributed by atoms with Crippen molar-refractivity contribution in [2.75, 3.05) is 0 Å². The molecule has 4 aliphatic heterocycles. The summed E-state index contributed by atoms with van der Waals surface area (Å²) in [5.74, 6) is 0. The molecule has 4 aliphatic rings. The topological polar surface area (TPSA) is 19.7 Å². The minimum Gasteiger partial charge on any atom is -0.310 e. The van der Waals surface area contributed by atoms with Gasteiger partial charge in [-0.15, -0.1) is 0 Å². The van der Waals surface area contributed by atoms with Crippen molar-refractivity contribution in [3.63, 3.8) is 0 Å². The molecule has 20 aromatic rings. The molecule has 0 amide bonds. The Morgan fingerprint density at radius 3 is 0.963 bits per heavy atom. The first-order valence-corrected chi connectivity index (χ1v) is 38.0. The number of aryl methyl sites for hydroxylation is 4. The molecule has 0 aliphatic carbocycles. The molecule has 0 N–H and O–H groups in total. The Morgan fingerprint density at radius 2 is 0.491 bits per heavy atom. The summed E-state index contributed by atoms with van der Waals surface area (Å²) in [6.07, 6.45) is 0. The Hall–Kier alpha value is -13.0. The van der Waals surface area contributed by atoms with Crippen LogP contribution >= 0.6 is 0 Å². The predicted molar refractivity (Wildman–Crippen MR) is 466 cm³/mol. The highest BCUT2D eigenvalue weighted by Crippen LogP contribution is 2.38. The number of hydrogen-bond donors (Lipinski definition) is 0. The molecule has 16 aromatic carbocycles. The van der Waals surface area contributed by atoms with E-state index in [0.717, 1.165) is 0 Å². The molecule has 0 fully saturated rings. The smallest absolute Gasteiger partial charge is 0.247 e. The molecule has 0 radical (unpaired) electrons. The van der Waals surface area contributed by atoms with Crippen molar-refractivity contribution < 1.29 is 0 Å². The van der Waals surface area contributed by atoms with Gasteiger partial charge in [0.15, 0.2) is 0 Å². The summed E-state index contributed by atoms with van der Waals surface area (Å²) in [7, 11) is 0. The second kappa shape index (κ2) is 25.4. The number of aromatic nitrogens is 4. The van der Waals surface area contributed by atoms with Gasteiger partial charge in [-0.3, -0.25) is 0 Å². The van der Waals surface area contributed by atoms with Crippen LogP contribution in [-0.4, -0.2) is 45.1 Å². The van der Waals surface area contributed by atoms with E-state index in [-0.39, 0.29) is 26.9 Å². The van der Waals surface area contributed by atoms with Crippen molar-refractivity contribution in [3.05, 3.63) is 386 Å². The molecule has 108 heavy (non-hydrogen) atoms. The van der Waals surface area contributed by atoms with E-state index in [4.69, 9.17) is 0 Å². The van der Waals surface area contributed by atoms with Gasteiger partial charge in [0.2, 0.25) is 26.9 Å². The summed E-state index contributed by atoms with van der Waals surface area (Å²) in [6, 6.07) is 133. The van der Waals surface area contributed by atoms with Crippen molar-refractivity contribution in [1.29, 1.82) is 0 Å². The van der Waals surface area contributed by atoms with Gasteiger partial charge in [-0.25, -0.2) is 0 Å². The molecular weight excluding hydrogens is 1300 g/mol. The van der Waals surface area contributed by atoms with Gasteiger partial charge in [-0.1, -0.05) is 360 Å². The number of nitrogens with zero attached hydrogens (tertiary/aromatic N) is 4. The number of hydrogen-bond acceptors (Lipinski definition) is 0. The van der Waals surface area contributed by atoms with Gasteiger partial charge in [0.1, 0.15) is 0 Å². The van der Waals surface area contributed by atoms with Crippen molar-refractivity contribution in [2.45, 2.75) is 27.7 Å². The van der Waals surface area contributed by atoms with E-state index in [1.165, 1.54) is 198 Å². The van der Waals surface area contributed by atoms with E-state index in [2.05, 4.69) is 410 Å². The fourth-order valence-electron chi connectivity index (χ4n) is 19.3. The zero-order chi connectivity index (χ0) is 71.8. The largest absolute Gasteiger partial charge is 0.310 e. The molecule has 0 saturated heterocycles. The number of fused-ring (bicyclic) bond motifs is 20. The van der Waals surface area contributed by atoms with E-state index in [1.807, 2.05) is 0 Å². The van der Waals surface area contributed by atoms with E-state index < -0.39 is 0 Å². The number of para-hydroxylation sites is 10. The molecule has 4 nitrogen and oxygen atoms in total. The molecule has 8 heteroatoms. The third kappa shape index (κ3) is 9.75. The molecule has 0 unspecified atom stereocenters. The summed E-state index contributed by atoms with van der Waals surface area (Å²) < 4.78 is 9.86. The van der Waals surface area contributed by atoms with Crippen molar-refractivity contribution in [2.24, 2.45) is 0 Å². The van der Waals surface area contributed by atoms with Crippen LogP contribution in [0.4, 0.5) is 0 Å². The van der Waals surface area contributed by atoms with Gasteiger partial charge < -0.3 is 18.3 Å². The highest BCUT2D eigenvalue weighted by atomic mass is 15.0. The zero-order valence-corrected chi connectivity index (χ0v) is 60.7. The average Bonchev–Trinajstić information content (AvgIpc) is 1.56. The van der Waals surface area contributed by atoms with E-state index >= 15 is 0 Å². The van der Waals surface area contributed by atoms with Gasteiger partial charge >= 0.3 is 0 Å². The Kier molecular flexibility index (Phi) is 14.9. The number of benzene rings is 16. The second-order valence-electron chi connectivity index (χ2n) is 29.9. The first kappa shape index (κ1) is 63.5. The lowest BCUT2D eigenvalue weighted by Crippen LogP contribution is -2.56. The first-order chi connectivity index (χ1) is 53.3. The molecule has 4 aromatic heterocycles. The Bertz CT molecular complexity index is 7010. The maximum Gasteiger partial charge on any atom is 0.247 e. The molecule has 0 bridgehead atoms. The summed E-state index contributed by atoms with van der Waals surface area (Å²) in [4.78, 5) is 0. The SMILES string of the molecule is Cc1ccc(B2c3ccccc3-n3c4ccccc4c4cccc2c43)cc1.Cc1ccc2c(c1)B(c1ccccc1)c1cccc3c4ccccc4n-2c13.Cc1cccc(B2c3ccccc3-n3c4ccccc4c4cccc2c43)c1.Cc1cccc2c1B(c1ccccc1)c1cccc3c4ccccc4n-2c13. The fraction of sp³-hybridized carbons (Fsp3) is 0.0400. The van der Waals surface area contributed by atoms with Crippen LogP contribution < -0.4 is 65.6 Å². The summed E-state index contributed by atoms with van der Waals surface area (Å²) >= 11 is 0. The minimum absolute atomic E-state index is 0.265. The van der Waals surface area contributed by atoms with Crippen molar-refractivity contribution in [1.82, 2.24) is 18.3 Å². The lowest BCUT2D eigenvalue weighted by atomic mass is 9.35. The minimum atomic E-state index is 0.265. The molecule has 504 valence electrons. The standard InChI is InChI=1S/4C25H18BN/c1-17-8-6-9-18(16-17)26-21-12-3-5-15-24(21)27-23-14-4-2-10-19(23)20-11-7-13-22(26)25(20)27;1-17-13-15-18(16-14-17)26-21-9-3-5-12-24(21)27-23-11-4-2-7-19(23)20-8-6-10-22(26)25(20)27;1-17-9-7-16-23-24(17)26(18-10-3-2-4-11-18)21-14-8-13-20-19-12-5-6-15-22(19)27(23)25(20)21;1-17-14-15-24-22(16-17)26(18-8-3-2-4-9-18)21-12-7-11-20-19-10-5-6-13-23(19)27(24)25(20)21/h4*2-16H,1H3. The molecule has 24 rings (SSSR count). The molecule has 8 heterocycles. The van der Waals surface area contributed by atoms with E-state index in [9.17, 15) is 0 Å². The van der Waals surface area contributed by atoms with Crippen molar-refractivity contribution in [3.8, 4) is 22.7 Å². The van der Waals surface area contributed by atoms with Crippen LogP contribution in [-0.2, 0) is 0 Å². The summed E-state index contributed by atoms with van der Waals surface area (Å²) in [5.41, 5.74) is 37.6. The highest BCUT2D eigenvalue weighted by molar-refractivity contribution is 7.00. The van der Waals surface area contributed by atoms with Crippen LogP contribution in [0, 0.1) is 27.7 Å². The van der Waals surface area contributed by atoms with Gasteiger partial charge in [0.05, 0.1) is 22.1 Å². The zero-order valence-electron chi connectivity index (χ0n) is 60.7. The van der Waals surface area contributed by atoms with Crippen LogP contribution in [0.3, 0.4) is 0 Å². The Labute approximate surface area is 630 Å². The normalized spacial score (nSPS) is 12.6. The van der Waals surface area contributed by atoms with Gasteiger partial charge in [0.25, 0.3) is 0 Å². The third-order valence-electron chi connectivity index (χ3n) is 23.7. The number of rotatable bonds is 4. The molecular formula is C100H72B4N4. The maximum absolute atomic E-state index is 2.47. The van der Waals surface area contributed by atoms with Crippen LogP contribution in [0.25, 0.3) is 110 Å². The lowest BCUT2D eigenvalue weighted by molar-refractivity contribution is 1.18. The summed E-state index contributed by atoms with van der Waals surface area (Å²) in [6.45, 7) is 9.82. The average molecular weight is 1370 g/mol. The first-order valence-electron chi connectivity index (χ1n) is 38.0. The van der Waals surface area contributed by atoms with E-state index in [0.29, 0.717) is 0 Å². The molecule has 0 atom stereocenters. The van der Waals surface area contributed by atoms with Crippen LogP contribution in [0.5, 0.6) is 0 Å². The highest BCUT2D eigenvalue weighted by Gasteiger charge is 2.38. The lowest BCUT2D eigenvalue weighted by Gasteiger charge is -2.28. The Morgan fingerprint density at radius 1 is 0.185 bits per heavy atom.